The smallest absolute Gasteiger partial charge is 0.148 e. The minimum absolute atomic E-state index is 0.169. The zero-order valence-corrected chi connectivity index (χ0v) is 13.0. The van der Waals surface area contributed by atoms with E-state index < -0.39 is 0 Å². The fourth-order valence-electron chi connectivity index (χ4n) is 2.21. The molecule has 1 aromatic carbocycles. The van der Waals surface area contributed by atoms with Crippen LogP contribution in [0.5, 0.6) is 0 Å². The third-order valence-electron chi connectivity index (χ3n) is 3.34. The van der Waals surface area contributed by atoms with Crippen LogP contribution in [0, 0.1) is 11.7 Å². The van der Waals surface area contributed by atoms with Crippen LogP contribution < -0.4 is 10.2 Å². The van der Waals surface area contributed by atoms with Gasteiger partial charge in [0, 0.05) is 24.8 Å². The van der Waals surface area contributed by atoms with E-state index >= 15 is 0 Å². The standard InChI is InChI=1S/C16H27FN2/c1-11(2)9-13(5)18-14-7-8-16(15(17)10-14)19(6)12(3)4/h7-8,10-13,18H,9H2,1-6H3. The highest BCUT2D eigenvalue weighted by atomic mass is 19.1. The molecule has 1 aromatic rings. The Kier molecular flexibility index (Phi) is 5.64. The fraction of sp³-hybridized carbons (Fsp3) is 0.625. The molecule has 0 fully saturated rings. The van der Waals surface area contributed by atoms with E-state index in [1.165, 1.54) is 0 Å². The molecular weight excluding hydrogens is 239 g/mol. The normalized spacial score (nSPS) is 12.9. The molecule has 19 heavy (non-hydrogen) atoms. The molecule has 3 heteroatoms. The van der Waals surface area contributed by atoms with Gasteiger partial charge in [-0.05, 0) is 51.3 Å². The van der Waals surface area contributed by atoms with Crippen LogP contribution in [-0.4, -0.2) is 19.1 Å². The molecule has 0 aliphatic carbocycles. The molecule has 108 valence electrons. The first kappa shape index (κ1) is 15.8. The zero-order chi connectivity index (χ0) is 14.6. The monoisotopic (exact) mass is 266 g/mol. The summed E-state index contributed by atoms with van der Waals surface area (Å²) in [7, 11) is 1.91. The van der Waals surface area contributed by atoms with Gasteiger partial charge in [0.15, 0.2) is 0 Å². The highest BCUT2D eigenvalue weighted by molar-refractivity contribution is 5.56. The van der Waals surface area contributed by atoms with Crippen LogP contribution >= 0.6 is 0 Å². The van der Waals surface area contributed by atoms with Gasteiger partial charge in [-0.2, -0.15) is 0 Å². The number of rotatable bonds is 6. The van der Waals surface area contributed by atoms with E-state index in [0.717, 1.165) is 12.1 Å². The number of nitrogens with zero attached hydrogens (tertiary/aromatic N) is 1. The first-order valence-corrected chi connectivity index (χ1v) is 7.10. The first-order valence-electron chi connectivity index (χ1n) is 7.10. The Bertz CT molecular complexity index is 402. The van der Waals surface area contributed by atoms with Gasteiger partial charge in [-0.1, -0.05) is 13.8 Å². The lowest BCUT2D eigenvalue weighted by Crippen LogP contribution is -2.26. The quantitative estimate of drug-likeness (QED) is 0.814. The van der Waals surface area contributed by atoms with Gasteiger partial charge in [0.2, 0.25) is 0 Å². The van der Waals surface area contributed by atoms with Gasteiger partial charge in [0.25, 0.3) is 0 Å². The van der Waals surface area contributed by atoms with E-state index in [0.29, 0.717) is 17.6 Å². The molecule has 0 radical (unpaired) electrons. The highest BCUT2D eigenvalue weighted by Crippen LogP contribution is 2.24. The Labute approximate surface area is 117 Å². The van der Waals surface area contributed by atoms with Crippen molar-refractivity contribution in [1.29, 1.82) is 0 Å². The fourth-order valence-corrected chi connectivity index (χ4v) is 2.21. The lowest BCUT2D eigenvalue weighted by atomic mass is 10.0. The summed E-state index contributed by atoms with van der Waals surface area (Å²) in [5.41, 5.74) is 1.50. The van der Waals surface area contributed by atoms with Crippen molar-refractivity contribution in [3.05, 3.63) is 24.0 Å². The number of nitrogens with one attached hydrogen (secondary N) is 1. The topological polar surface area (TPSA) is 15.3 Å². The summed E-state index contributed by atoms with van der Waals surface area (Å²) in [6, 6.07) is 6.03. The van der Waals surface area contributed by atoms with E-state index in [1.54, 1.807) is 6.07 Å². The van der Waals surface area contributed by atoms with Gasteiger partial charge in [-0.25, -0.2) is 4.39 Å². The number of hydrogen-bond donors (Lipinski definition) is 1. The Hall–Kier alpha value is -1.25. The largest absolute Gasteiger partial charge is 0.382 e. The molecule has 1 atom stereocenters. The van der Waals surface area contributed by atoms with Crippen LogP contribution in [0.2, 0.25) is 0 Å². The summed E-state index contributed by atoms with van der Waals surface area (Å²) >= 11 is 0. The van der Waals surface area contributed by atoms with Crippen molar-refractivity contribution < 1.29 is 4.39 Å². The number of benzene rings is 1. The van der Waals surface area contributed by atoms with E-state index in [9.17, 15) is 4.39 Å². The molecule has 2 nitrogen and oxygen atoms in total. The van der Waals surface area contributed by atoms with Crippen LogP contribution in [0.15, 0.2) is 18.2 Å². The summed E-state index contributed by atoms with van der Waals surface area (Å²) in [5, 5.41) is 3.35. The van der Waals surface area contributed by atoms with Crippen LogP contribution in [0.4, 0.5) is 15.8 Å². The number of hydrogen-bond acceptors (Lipinski definition) is 2. The SMILES string of the molecule is CC(C)CC(C)Nc1ccc(N(C)C(C)C)c(F)c1. The highest BCUT2D eigenvalue weighted by Gasteiger charge is 2.12. The minimum Gasteiger partial charge on any atom is -0.382 e. The molecule has 0 saturated heterocycles. The zero-order valence-electron chi connectivity index (χ0n) is 13.0. The number of anilines is 2. The number of halogens is 1. The Morgan fingerprint density at radius 1 is 1.16 bits per heavy atom. The summed E-state index contributed by atoms with van der Waals surface area (Å²) in [4.78, 5) is 1.94. The molecule has 1 N–H and O–H groups in total. The molecule has 0 bridgehead atoms. The summed E-state index contributed by atoms with van der Waals surface area (Å²) < 4.78 is 14.1. The Morgan fingerprint density at radius 2 is 1.79 bits per heavy atom. The Balaban J connectivity index is 2.77. The average molecular weight is 266 g/mol. The average Bonchev–Trinajstić information content (AvgIpc) is 2.26. The van der Waals surface area contributed by atoms with Crippen molar-refractivity contribution in [2.75, 3.05) is 17.3 Å². The molecule has 0 amide bonds. The third-order valence-corrected chi connectivity index (χ3v) is 3.34. The van der Waals surface area contributed by atoms with Gasteiger partial charge in [-0.3, -0.25) is 0 Å². The lowest BCUT2D eigenvalue weighted by molar-refractivity contribution is 0.539. The summed E-state index contributed by atoms with van der Waals surface area (Å²) in [6.07, 6.45) is 1.08. The van der Waals surface area contributed by atoms with E-state index in [2.05, 4.69) is 39.9 Å². The molecule has 0 saturated carbocycles. The van der Waals surface area contributed by atoms with Crippen molar-refractivity contribution >= 4 is 11.4 Å². The van der Waals surface area contributed by atoms with E-state index in [-0.39, 0.29) is 11.9 Å². The van der Waals surface area contributed by atoms with Gasteiger partial charge >= 0.3 is 0 Å². The minimum atomic E-state index is -0.169. The van der Waals surface area contributed by atoms with Crippen LogP contribution in [0.25, 0.3) is 0 Å². The second kappa shape index (κ2) is 6.78. The maximum atomic E-state index is 14.1. The van der Waals surface area contributed by atoms with Crippen LogP contribution in [-0.2, 0) is 0 Å². The van der Waals surface area contributed by atoms with Gasteiger partial charge in [0.1, 0.15) is 5.82 Å². The molecule has 0 spiro atoms. The van der Waals surface area contributed by atoms with Crippen molar-refractivity contribution in [3.8, 4) is 0 Å². The maximum Gasteiger partial charge on any atom is 0.148 e. The van der Waals surface area contributed by atoms with Crippen molar-refractivity contribution in [1.82, 2.24) is 0 Å². The summed E-state index contributed by atoms with van der Waals surface area (Å²) in [6.45, 7) is 10.6. The van der Waals surface area contributed by atoms with Gasteiger partial charge < -0.3 is 10.2 Å². The molecule has 1 unspecified atom stereocenters. The third kappa shape index (κ3) is 4.73. The second-order valence-electron chi connectivity index (χ2n) is 6.05. The molecule has 0 heterocycles. The second-order valence-corrected chi connectivity index (χ2v) is 6.05. The molecular formula is C16H27FN2. The van der Waals surface area contributed by atoms with Gasteiger partial charge in [-0.15, -0.1) is 0 Å². The van der Waals surface area contributed by atoms with Crippen LogP contribution in [0.3, 0.4) is 0 Å². The van der Waals surface area contributed by atoms with Crippen LogP contribution in [0.1, 0.15) is 41.0 Å². The van der Waals surface area contributed by atoms with Crippen molar-refractivity contribution in [2.24, 2.45) is 5.92 Å². The van der Waals surface area contributed by atoms with E-state index in [1.807, 2.05) is 24.1 Å². The molecule has 0 aromatic heterocycles. The summed E-state index contributed by atoms with van der Waals surface area (Å²) in [5.74, 6) is 0.469. The first-order chi connectivity index (χ1) is 8.81. The maximum absolute atomic E-state index is 14.1. The Morgan fingerprint density at radius 3 is 2.26 bits per heavy atom. The molecule has 0 aliphatic rings. The molecule has 0 aliphatic heterocycles. The lowest BCUT2D eigenvalue weighted by Gasteiger charge is -2.25. The van der Waals surface area contributed by atoms with Gasteiger partial charge in [0.05, 0.1) is 5.69 Å². The van der Waals surface area contributed by atoms with Crippen molar-refractivity contribution in [2.45, 2.75) is 53.1 Å². The predicted octanol–water partition coefficient (Wildman–Crippen LogP) is 4.52. The predicted molar refractivity (Wildman–Crippen MR) is 82.5 cm³/mol. The van der Waals surface area contributed by atoms with E-state index in [4.69, 9.17) is 0 Å². The van der Waals surface area contributed by atoms with Crippen molar-refractivity contribution in [3.63, 3.8) is 0 Å². The molecule has 1 rings (SSSR count).